The Balaban J connectivity index is 1.54. The Morgan fingerprint density at radius 1 is 1.07 bits per heavy atom. The quantitative estimate of drug-likeness (QED) is 0.646. The van der Waals surface area contributed by atoms with E-state index < -0.39 is 23.8 Å². The first kappa shape index (κ1) is 18.8. The zero-order valence-electron chi connectivity index (χ0n) is 15.6. The van der Waals surface area contributed by atoms with E-state index in [2.05, 4.69) is 16.0 Å². The molecule has 148 valence electrons. The standard InChI is InChI=1S/C20H24N4O4/c25-16-8-7-15(18(26)23-16)24-19(27)14-6-3-4-12(17(14)20(24)28)10-22-13-5-1-2-9-21-11-13/h3-4,6,13,15,21-22H,1-2,5,7-11H2,(H,23,25,26)/t13-,15?/m0/s1. The number of rotatable bonds is 4. The molecule has 2 fully saturated rings. The molecule has 28 heavy (non-hydrogen) atoms. The van der Waals surface area contributed by atoms with Crippen molar-refractivity contribution in [1.82, 2.24) is 20.9 Å². The highest BCUT2D eigenvalue weighted by molar-refractivity contribution is 6.24. The molecule has 0 saturated carbocycles. The summed E-state index contributed by atoms with van der Waals surface area (Å²) in [5.41, 5.74) is 1.45. The molecule has 3 heterocycles. The van der Waals surface area contributed by atoms with Gasteiger partial charge in [0.25, 0.3) is 11.8 Å². The van der Waals surface area contributed by atoms with Crippen molar-refractivity contribution in [2.75, 3.05) is 13.1 Å². The maximum absolute atomic E-state index is 13.1. The number of nitrogens with zero attached hydrogens (tertiary/aromatic N) is 1. The average molecular weight is 384 g/mol. The zero-order chi connectivity index (χ0) is 19.7. The predicted octanol–water partition coefficient (Wildman–Crippen LogP) is 0.320. The largest absolute Gasteiger partial charge is 0.315 e. The van der Waals surface area contributed by atoms with Crippen LogP contribution >= 0.6 is 0 Å². The Hall–Kier alpha value is -2.58. The van der Waals surface area contributed by atoms with Gasteiger partial charge in [0.05, 0.1) is 11.1 Å². The van der Waals surface area contributed by atoms with Gasteiger partial charge in [0, 0.05) is 25.6 Å². The molecule has 0 aromatic heterocycles. The lowest BCUT2D eigenvalue weighted by atomic mass is 10.0. The van der Waals surface area contributed by atoms with E-state index in [0.29, 0.717) is 23.7 Å². The summed E-state index contributed by atoms with van der Waals surface area (Å²) in [4.78, 5) is 50.5. The number of benzene rings is 1. The highest BCUT2D eigenvalue weighted by atomic mass is 16.2. The minimum atomic E-state index is -0.933. The van der Waals surface area contributed by atoms with Gasteiger partial charge in [0.1, 0.15) is 6.04 Å². The number of piperidine rings is 1. The van der Waals surface area contributed by atoms with Gasteiger partial charge in [-0.15, -0.1) is 0 Å². The second-order valence-electron chi connectivity index (χ2n) is 7.56. The summed E-state index contributed by atoms with van der Waals surface area (Å²) in [7, 11) is 0. The Bertz CT molecular complexity index is 829. The summed E-state index contributed by atoms with van der Waals surface area (Å²) in [5, 5.41) is 9.10. The minimum absolute atomic E-state index is 0.118. The van der Waals surface area contributed by atoms with Gasteiger partial charge in [-0.05, 0) is 37.4 Å². The SMILES string of the molecule is O=C1CCC(N2C(=O)c3cccc(CN[C@H]4CCCCNC4)c3C2=O)C(=O)N1. The van der Waals surface area contributed by atoms with Crippen LogP contribution in [0.2, 0.25) is 0 Å². The smallest absolute Gasteiger partial charge is 0.262 e. The number of carbonyl (C=O) groups is 4. The first-order chi connectivity index (χ1) is 13.6. The van der Waals surface area contributed by atoms with Gasteiger partial charge >= 0.3 is 0 Å². The van der Waals surface area contributed by atoms with Crippen LogP contribution in [0.15, 0.2) is 18.2 Å². The fourth-order valence-electron chi connectivity index (χ4n) is 4.18. The lowest BCUT2D eigenvalue weighted by molar-refractivity contribution is -0.136. The fraction of sp³-hybridized carbons (Fsp3) is 0.500. The van der Waals surface area contributed by atoms with E-state index in [1.165, 1.54) is 0 Å². The van der Waals surface area contributed by atoms with Gasteiger partial charge in [-0.25, -0.2) is 0 Å². The molecule has 1 aromatic carbocycles. The summed E-state index contributed by atoms with van der Waals surface area (Å²) in [6.07, 6.45) is 3.66. The van der Waals surface area contributed by atoms with E-state index in [4.69, 9.17) is 0 Å². The Kier molecular flexibility index (Phi) is 5.23. The van der Waals surface area contributed by atoms with Crippen LogP contribution in [0.1, 0.15) is 58.4 Å². The van der Waals surface area contributed by atoms with E-state index in [9.17, 15) is 19.2 Å². The summed E-state index contributed by atoms with van der Waals surface area (Å²) >= 11 is 0. The number of carbonyl (C=O) groups excluding carboxylic acids is 4. The van der Waals surface area contributed by atoms with Crippen LogP contribution < -0.4 is 16.0 Å². The van der Waals surface area contributed by atoms with Crippen LogP contribution in [-0.4, -0.2) is 53.7 Å². The van der Waals surface area contributed by atoms with Crippen molar-refractivity contribution in [3.63, 3.8) is 0 Å². The molecule has 8 heteroatoms. The molecule has 0 radical (unpaired) electrons. The molecule has 3 N–H and O–H groups in total. The van der Waals surface area contributed by atoms with Crippen LogP contribution in [0.4, 0.5) is 0 Å². The number of hydrogen-bond acceptors (Lipinski definition) is 6. The molecule has 3 aliphatic rings. The third-order valence-electron chi connectivity index (χ3n) is 5.68. The van der Waals surface area contributed by atoms with Crippen LogP contribution in [0.5, 0.6) is 0 Å². The lowest BCUT2D eigenvalue weighted by Crippen LogP contribution is -2.54. The van der Waals surface area contributed by atoms with Crippen molar-refractivity contribution in [1.29, 1.82) is 0 Å². The predicted molar refractivity (Wildman–Crippen MR) is 100 cm³/mol. The summed E-state index contributed by atoms with van der Waals surface area (Å²) < 4.78 is 0. The molecule has 4 rings (SSSR count). The molecule has 1 unspecified atom stereocenters. The average Bonchev–Trinajstić information content (AvgIpc) is 2.85. The highest BCUT2D eigenvalue weighted by Crippen LogP contribution is 2.30. The van der Waals surface area contributed by atoms with Crippen molar-refractivity contribution in [2.45, 2.75) is 50.7 Å². The molecule has 4 amide bonds. The third-order valence-corrected chi connectivity index (χ3v) is 5.68. The Labute approximate surface area is 163 Å². The number of hydrogen-bond donors (Lipinski definition) is 3. The van der Waals surface area contributed by atoms with Gasteiger partial charge in [-0.1, -0.05) is 18.6 Å². The molecular weight excluding hydrogens is 360 g/mol. The molecular formula is C20H24N4O4. The normalized spacial score (nSPS) is 25.5. The van der Waals surface area contributed by atoms with E-state index in [1.807, 2.05) is 6.07 Å². The van der Waals surface area contributed by atoms with Crippen LogP contribution in [0.3, 0.4) is 0 Å². The second kappa shape index (κ2) is 7.81. The van der Waals surface area contributed by atoms with E-state index in [-0.39, 0.29) is 18.7 Å². The first-order valence-electron chi connectivity index (χ1n) is 9.84. The van der Waals surface area contributed by atoms with Gasteiger partial charge in [-0.2, -0.15) is 0 Å². The lowest BCUT2D eigenvalue weighted by Gasteiger charge is -2.27. The van der Waals surface area contributed by atoms with E-state index in [0.717, 1.165) is 42.8 Å². The van der Waals surface area contributed by atoms with Crippen LogP contribution in [0.25, 0.3) is 0 Å². The van der Waals surface area contributed by atoms with Crippen LogP contribution in [0, 0.1) is 0 Å². The molecule has 2 atom stereocenters. The monoisotopic (exact) mass is 384 g/mol. The number of imide groups is 2. The van der Waals surface area contributed by atoms with Crippen molar-refractivity contribution >= 4 is 23.6 Å². The molecule has 0 aliphatic carbocycles. The van der Waals surface area contributed by atoms with Crippen molar-refractivity contribution < 1.29 is 19.2 Å². The van der Waals surface area contributed by atoms with Crippen molar-refractivity contribution in [3.8, 4) is 0 Å². The van der Waals surface area contributed by atoms with Gasteiger partial charge in [0.15, 0.2) is 0 Å². The molecule has 2 saturated heterocycles. The van der Waals surface area contributed by atoms with E-state index in [1.54, 1.807) is 12.1 Å². The Morgan fingerprint density at radius 2 is 1.93 bits per heavy atom. The molecule has 3 aliphatic heterocycles. The topological polar surface area (TPSA) is 108 Å². The highest BCUT2D eigenvalue weighted by Gasteiger charge is 2.45. The third kappa shape index (κ3) is 3.45. The fourth-order valence-corrected chi connectivity index (χ4v) is 4.18. The number of amides is 4. The minimum Gasteiger partial charge on any atom is -0.315 e. The van der Waals surface area contributed by atoms with Gasteiger partial charge < -0.3 is 10.6 Å². The maximum Gasteiger partial charge on any atom is 0.262 e. The zero-order valence-corrected chi connectivity index (χ0v) is 15.6. The van der Waals surface area contributed by atoms with Gasteiger partial charge in [-0.3, -0.25) is 29.4 Å². The van der Waals surface area contributed by atoms with Crippen molar-refractivity contribution in [3.05, 3.63) is 34.9 Å². The van der Waals surface area contributed by atoms with Crippen molar-refractivity contribution in [2.24, 2.45) is 0 Å². The van der Waals surface area contributed by atoms with Gasteiger partial charge in [0.2, 0.25) is 11.8 Å². The van der Waals surface area contributed by atoms with E-state index >= 15 is 0 Å². The first-order valence-corrected chi connectivity index (χ1v) is 9.84. The molecule has 0 bridgehead atoms. The Morgan fingerprint density at radius 3 is 2.75 bits per heavy atom. The molecule has 0 spiro atoms. The molecule has 8 nitrogen and oxygen atoms in total. The maximum atomic E-state index is 13.1. The molecule has 1 aromatic rings. The summed E-state index contributed by atoms with van der Waals surface area (Å²) in [6, 6.07) is 4.61. The second-order valence-corrected chi connectivity index (χ2v) is 7.56. The summed E-state index contributed by atoms with van der Waals surface area (Å²) in [6.45, 7) is 2.38. The number of nitrogens with one attached hydrogen (secondary N) is 3. The summed E-state index contributed by atoms with van der Waals surface area (Å²) in [5.74, 6) is -1.88. The number of fused-ring (bicyclic) bond motifs is 1. The van der Waals surface area contributed by atoms with Crippen LogP contribution in [-0.2, 0) is 16.1 Å².